The highest BCUT2D eigenvalue weighted by Crippen LogP contribution is 2.22. The molecule has 2 aromatic carbocycles. The number of benzene rings is 2. The van der Waals surface area contributed by atoms with Gasteiger partial charge in [-0.25, -0.2) is 0 Å². The van der Waals surface area contributed by atoms with E-state index in [2.05, 4.69) is 5.32 Å². The first-order valence-electron chi connectivity index (χ1n) is 7.09. The SMILES string of the molecule is COCc1cc(C(=O)Nc2ccc(C)cc2C)ccc1OC. The average molecular weight is 299 g/mol. The molecule has 0 fully saturated rings. The van der Waals surface area contributed by atoms with Crippen molar-refractivity contribution in [1.29, 1.82) is 0 Å². The van der Waals surface area contributed by atoms with Gasteiger partial charge in [-0.05, 0) is 43.7 Å². The number of amides is 1. The highest BCUT2D eigenvalue weighted by molar-refractivity contribution is 6.04. The fraction of sp³-hybridized carbons (Fsp3) is 0.278. The van der Waals surface area contributed by atoms with E-state index in [4.69, 9.17) is 9.47 Å². The highest BCUT2D eigenvalue weighted by atomic mass is 16.5. The molecule has 2 aromatic rings. The molecule has 0 aromatic heterocycles. The van der Waals surface area contributed by atoms with Crippen LogP contribution in [0.5, 0.6) is 5.75 Å². The highest BCUT2D eigenvalue weighted by Gasteiger charge is 2.11. The van der Waals surface area contributed by atoms with E-state index in [1.165, 1.54) is 5.56 Å². The molecule has 0 unspecified atom stereocenters. The largest absolute Gasteiger partial charge is 0.496 e. The Bertz CT molecular complexity index is 680. The Kier molecular flexibility index (Phi) is 5.17. The molecule has 0 heterocycles. The molecule has 1 amide bonds. The minimum atomic E-state index is -0.146. The molecule has 0 radical (unpaired) electrons. The van der Waals surface area contributed by atoms with Gasteiger partial charge in [-0.1, -0.05) is 17.7 Å². The summed E-state index contributed by atoms with van der Waals surface area (Å²) in [7, 11) is 3.21. The lowest BCUT2D eigenvalue weighted by molar-refractivity contribution is 0.102. The van der Waals surface area contributed by atoms with Crippen molar-refractivity contribution in [1.82, 2.24) is 0 Å². The number of hydrogen-bond donors (Lipinski definition) is 1. The number of aryl methyl sites for hydroxylation is 2. The van der Waals surface area contributed by atoms with Crippen molar-refractivity contribution in [2.24, 2.45) is 0 Å². The van der Waals surface area contributed by atoms with Crippen LogP contribution in [0, 0.1) is 13.8 Å². The number of carbonyl (C=O) groups excluding carboxylic acids is 1. The summed E-state index contributed by atoms with van der Waals surface area (Å²) in [5, 5.41) is 2.94. The topological polar surface area (TPSA) is 47.6 Å². The molecule has 0 saturated carbocycles. The Morgan fingerprint density at radius 3 is 2.50 bits per heavy atom. The van der Waals surface area contributed by atoms with Gasteiger partial charge in [0.15, 0.2) is 0 Å². The first-order valence-corrected chi connectivity index (χ1v) is 7.09. The molecule has 4 nitrogen and oxygen atoms in total. The number of nitrogens with one attached hydrogen (secondary N) is 1. The van der Waals surface area contributed by atoms with Gasteiger partial charge in [-0.2, -0.15) is 0 Å². The Balaban J connectivity index is 2.23. The van der Waals surface area contributed by atoms with E-state index in [1.54, 1.807) is 32.4 Å². The molecule has 4 heteroatoms. The number of ether oxygens (including phenoxy) is 2. The van der Waals surface area contributed by atoms with E-state index in [-0.39, 0.29) is 5.91 Å². The van der Waals surface area contributed by atoms with Crippen LogP contribution in [0.4, 0.5) is 5.69 Å². The molecule has 0 atom stereocenters. The second-order valence-electron chi connectivity index (χ2n) is 5.23. The molecule has 0 spiro atoms. The minimum absolute atomic E-state index is 0.146. The standard InChI is InChI=1S/C18H21NO3/c1-12-5-7-16(13(2)9-12)19-18(20)14-6-8-17(22-4)15(10-14)11-21-3/h5-10H,11H2,1-4H3,(H,19,20). The Hall–Kier alpha value is -2.33. The van der Waals surface area contributed by atoms with Crippen molar-refractivity contribution in [3.63, 3.8) is 0 Å². The van der Waals surface area contributed by atoms with Gasteiger partial charge in [0, 0.05) is 23.9 Å². The maximum absolute atomic E-state index is 12.4. The number of methoxy groups -OCH3 is 2. The van der Waals surface area contributed by atoms with Gasteiger partial charge in [0.1, 0.15) is 5.75 Å². The number of hydrogen-bond acceptors (Lipinski definition) is 3. The monoisotopic (exact) mass is 299 g/mol. The summed E-state index contributed by atoms with van der Waals surface area (Å²) in [6.45, 7) is 4.40. The van der Waals surface area contributed by atoms with E-state index in [0.717, 1.165) is 16.8 Å². The summed E-state index contributed by atoms with van der Waals surface area (Å²) in [5.74, 6) is 0.567. The van der Waals surface area contributed by atoms with E-state index < -0.39 is 0 Å². The maximum atomic E-state index is 12.4. The lowest BCUT2D eigenvalue weighted by Gasteiger charge is -2.12. The van der Waals surface area contributed by atoms with Crippen LogP contribution in [0.2, 0.25) is 0 Å². The van der Waals surface area contributed by atoms with Crippen LogP contribution in [0.25, 0.3) is 0 Å². The quantitative estimate of drug-likeness (QED) is 0.915. The van der Waals surface area contributed by atoms with Gasteiger partial charge in [0.2, 0.25) is 0 Å². The van der Waals surface area contributed by atoms with Crippen LogP contribution in [0.15, 0.2) is 36.4 Å². The summed E-state index contributed by atoms with van der Waals surface area (Å²) in [6, 6.07) is 11.3. The first kappa shape index (κ1) is 16.0. The molecule has 0 aliphatic rings. The predicted octanol–water partition coefficient (Wildman–Crippen LogP) is 3.71. The zero-order valence-electron chi connectivity index (χ0n) is 13.4. The van der Waals surface area contributed by atoms with Gasteiger partial charge >= 0.3 is 0 Å². The smallest absolute Gasteiger partial charge is 0.255 e. The van der Waals surface area contributed by atoms with Crippen molar-refractivity contribution in [2.75, 3.05) is 19.5 Å². The maximum Gasteiger partial charge on any atom is 0.255 e. The predicted molar refractivity (Wildman–Crippen MR) is 87.6 cm³/mol. The van der Waals surface area contributed by atoms with Crippen molar-refractivity contribution in [3.8, 4) is 5.75 Å². The van der Waals surface area contributed by atoms with Crippen LogP contribution >= 0.6 is 0 Å². The van der Waals surface area contributed by atoms with Gasteiger partial charge < -0.3 is 14.8 Å². The van der Waals surface area contributed by atoms with E-state index in [1.807, 2.05) is 32.0 Å². The molecule has 116 valence electrons. The molecule has 22 heavy (non-hydrogen) atoms. The molecule has 2 rings (SSSR count). The second kappa shape index (κ2) is 7.09. The van der Waals surface area contributed by atoms with Crippen molar-refractivity contribution >= 4 is 11.6 Å². The zero-order valence-corrected chi connectivity index (χ0v) is 13.4. The summed E-state index contributed by atoms with van der Waals surface area (Å²) >= 11 is 0. The third-order valence-corrected chi connectivity index (χ3v) is 3.47. The number of carbonyl (C=O) groups is 1. The third kappa shape index (κ3) is 3.65. The summed E-state index contributed by atoms with van der Waals surface area (Å²) < 4.78 is 10.4. The second-order valence-corrected chi connectivity index (χ2v) is 5.23. The summed E-state index contributed by atoms with van der Waals surface area (Å²) in [4.78, 5) is 12.4. The molecule has 0 aliphatic carbocycles. The lowest BCUT2D eigenvalue weighted by Crippen LogP contribution is -2.13. The fourth-order valence-electron chi connectivity index (χ4n) is 2.34. The molecule has 1 N–H and O–H groups in total. The normalized spacial score (nSPS) is 10.4. The molecular weight excluding hydrogens is 278 g/mol. The van der Waals surface area contributed by atoms with Gasteiger partial charge in [-0.3, -0.25) is 4.79 Å². The van der Waals surface area contributed by atoms with E-state index in [0.29, 0.717) is 17.9 Å². The summed E-state index contributed by atoms with van der Waals surface area (Å²) in [5.41, 5.74) is 4.45. The Morgan fingerprint density at radius 1 is 1.09 bits per heavy atom. The van der Waals surface area contributed by atoms with Crippen LogP contribution < -0.4 is 10.1 Å². The fourth-order valence-corrected chi connectivity index (χ4v) is 2.34. The molecular formula is C18H21NO3. The summed E-state index contributed by atoms with van der Waals surface area (Å²) in [6.07, 6.45) is 0. The van der Waals surface area contributed by atoms with Crippen molar-refractivity contribution in [2.45, 2.75) is 20.5 Å². The first-order chi connectivity index (χ1) is 10.5. The Labute approximate surface area is 131 Å². The van der Waals surface area contributed by atoms with Crippen LogP contribution in [0.1, 0.15) is 27.0 Å². The number of anilines is 1. The van der Waals surface area contributed by atoms with Crippen LogP contribution in [-0.4, -0.2) is 20.1 Å². The molecule has 0 bridgehead atoms. The molecule has 0 aliphatic heterocycles. The van der Waals surface area contributed by atoms with Crippen molar-refractivity contribution in [3.05, 3.63) is 58.7 Å². The lowest BCUT2D eigenvalue weighted by atomic mass is 10.1. The van der Waals surface area contributed by atoms with E-state index in [9.17, 15) is 4.79 Å². The van der Waals surface area contributed by atoms with E-state index >= 15 is 0 Å². The van der Waals surface area contributed by atoms with Gasteiger partial charge in [0.25, 0.3) is 5.91 Å². The van der Waals surface area contributed by atoms with Crippen LogP contribution in [-0.2, 0) is 11.3 Å². The minimum Gasteiger partial charge on any atom is -0.496 e. The van der Waals surface area contributed by atoms with Crippen LogP contribution in [0.3, 0.4) is 0 Å². The van der Waals surface area contributed by atoms with Gasteiger partial charge in [-0.15, -0.1) is 0 Å². The molecule has 0 saturated heterocycles. The Morgan fingerprint density at radius 2 is 1.86 bits per heavy atom. The van der Waals surface area contributed by atoms with Gasteiger partial charge in [0.05, 0.1) is 13.7 Å². The number of rotatable bonds is 5. The van der Waals surface area contributed by atoms with Crippen molar-refractivity contribution < 1.29 is 14.3 Å². The average Bonchev–Trinajstić information content (AvgIpc) is 2.50. The zero-order chi connectivity index (χ0) is 16.1. The third-order valence-electron chi connectivity index (χ3n) is 3.47.